The summed E-state index contributed by atoms with van der Waals surface area (Å²) in [5.41, 5.74) is 1.85. The highest BCUT2D eigenvalue weighted by atomic mass is 35.5. The van der Waals surface area contributed by atoms with Crippen molar-refractivity contribution in [2.45, 2.75) is 0 Å². The lowest BCUT2D eigenvalue weighted by Gasteiger charge is -2.07. The van der Waals surface area contributed by atoms with Gasteiger partial charge in [0.25, 0.3) is 0 Å². The van der Waals surface area contributed by atoms with Crippen molar-refractivity contribution in [3.05, 3.63) is 57.6 Å². The first-order chi connectivity index (χ1) is 10.0. The van der Waals surface area contributed by atoms with Gasteiger partial charge in [0, 0.05) is 5.02 Å². The number of nitriles is 1. The Bertz CT molecular complexity index is 731. The molecule has 0 atom stereocenters. The van der Waals surface area contributed by atoms with E-state index >= 15 is 0 Å². The van der Waals surface area contributed by atoms with E-state index in [1.165, 1.54) is 7.11 Å². The fraction of sp³-hybridized carbons (Fsp3) is 0.0625. The van der Waals surface area contributed by atoms with Crippen LogP contribution in [0.5, 0.6) is 11.5 Å². The first-order valence-corrected chi connectivity index (χ1v) is 6.75. The summed E-state index contributed by atoms with van der Waals surface area (Å²) < 4.78 is 5.04. The Kier molecular flexibility index (Phi) is 4.74. The van der Waals surface area contributed by atoms with E-state index in [4.69, 9.17) is 27.9 Å². The molecule has 0 amide bonds. The summed E-state index contributed by atoms with van der Waals surface area (Å²) in [5.74, 6) is 0.128. The van der Waals surface area contributed by atoms with Gasteiger partial charge in [0.1, 0.15) is 0 Å². The minimum atomic E-state index is -0.124. The molecule has 0 heterocycles. The number of nitrogens with zero attached hydrogens (tertiary/aromatic N) is 1. The molecule has 0 saturated heterocycles. The third-order valence-electron chi connectivity index (χ3n) is 2.86. The Balaban J connectivity index is 2.48. The highest BCUT2D eigenvalue weighted by Gasteiger charge is 2.09. The van der Waals surface area contributed by atoms with Gasteiger partial charge >= 0.3 is 0 Å². The van der Waals surface area contributed by atoms with Crippen LogP contribution in [-0.4, -0.2) is 12.2 Å². The van der Waals surface area contributed by atoms with Gasteiger partial charge in [-0.05, 0) is 41.5 Å². The van der Waals surface area contributed by atoms with Crippen LogP contribution in [0.4, 0.5) is 0 Å². The van der Waals surface area contributed by atoms with Gasteiger partial charge in [-0.1, -0.05) is 35.3 Å². The minimum Gasteiger partial charge on any atom is -0.503 e. The largest absolute Gasteiger partial charge is 0.503 e. The summed E-state index contributed by atoms with van der Waals surface area (Å²) in [4.78, 5) is 0. The maximum Gasteiger partial charge on any atom is 0.176 e. The highest BCUT2D eigenvalue weighted by molar-refractivity contribution is 6.32. The zero-order chi connectivity index (χ0) is 15.4. The van der Waals surface area contributed by atoms with Crippen LogP contribution in [0.15, 0.2) is 36.4 Å². The van der Waals surface area contributed by atoms with Crippen LogP contribution in [0.25, 0.3) is 11.6 Å². The smallest absolute Gasteiger partial charge is 0.176 e. The number of phenolic OH excluding ortho intramolecular Hbond substituents is 1. The van der Waals surface area contributed by atoms with E-state index in [0.717, 1.165) is 5.56 Å². The summed E-state index contributed by atoms with van der Waals surface area (Å²) >= 11 is 11.8. The Morgan fingerprint density at radius 1 is 1.24 bits per heavy atom. The second-order valence-electron chi connectivity index (χ2n) is 4.23. The molecular formula is C16H11Cl2NO2. The number of hydrogen-bond donors (Lipinski definition) is 1. The van der Waals surface area contributed by atoms with E-state index in [2.05, 4.69) is 6.07 Å². The maximum atomic E-state index is 9.70. The summed E-state index contributed by atoms with van der Waals surface area (Å²) in [6.45, 7) is 0. The average Bonchev–Trinajstić information content (AvgIpc) is 2.49. The van der Waals surface area contributed by atoms with Crippen molar-refractivity contribution in [1.82, 2.24) is 0 Å². The van der Waals surface area contributed by atoms with E-state index in [9.17, 15) is 10.4 Å². The Morgan fingerprint density at radius 3 is 2.48 bits per heavy atom. The van der Waals surface area contributed by atoms with Gasteiger partial charge < -0.3 is 9.84 Å². The number of hydrogen-bond acceptors (Lipinski definition) is 3. The zero-order valence-electron chi connectivity index (χ0n) is 11.1. The Morgan fingerprint density at radius 2 is 1.90 bits per heavy atom. The van der Waals surface area contributed by atoms with E-state index in [0.29, 0.717) is 16.2 Å². The van der Waals surface area contributed by atoms with E-state index in [-0.39, 0.29) is 16.5 Å². The van der Waals surface area contributed by atoms with Crippen molar-refractivity contribution in [2.75, 3.05) is 7.11 Å². The van der Waals surface area contributed by atoms with Gasteiger partial charge in [-0.3, -0.25) is 0 Å². The second-order valence-corrected chi connectivity index (χ2v) is 5.07. The fourth-order valence-electron chi connectivity index (χ4n) is 1.81. The van der Waals surface area contributed by atoms with E-state index < -0.39 is 0 Å². The number of ether oxygens (including phenoxy) is 1. The molecule has 106 valence electrons. The lowest BCUT2D eigenvalue weighted by atomic mass is 10.0. The predicted molar refractivity (Wildman–Crippen MR) is 84.6 cm³/mol. The van der Waals surface area contributed by atoms with Crippen molar-refractivity contribution in [2.24, 2.45) is 0 Å². The fourth-order valence-corrected chi connectivity index (χ4v) is 2.15. The average molecular weight is 320 g/mol. The van der Waals surface area contributed by atoms with Crippen LogP contribution < -0.4 is 4.74 Å². The van der Waals surface area contributed by atoms with Crippen LogP contribution in [0.3, 0.4) is 0 Å². The molecule has 21 heavy (non-hydrogen) atoms. The van der Waals surface area contributed by atoms with Gasteiger partial charge in [-0.15, -0.1) is 0 Å². The van der Waals surface area contributed by atoms with Crippen molar-refractivity contribution < 1.29 is 9.84 Å². The van der Waals surface area contributed by atoms with Crippen LogP contribution in [0.1, 0.15) is 11.1 Å². The predicted octanol–water partition coefficient (Wildman–Crippen LogP) is 4.77. The number of benzene rings is 2. The van der Waals surface area contributed by atoms with Crippen LogP contribution in [-0.2, 0) is 0 Å². The first-order valence-electron chi connectivity index (χ1n) is 5.99. The highest BCUT2D eigenvalue weighted by Crippen LogP contribution is 2.36. The van der Waals surface area contributed by atoms with Crippen molar-refractivity contribution in [1.29, 1.82) is 5.26 Å². The quantitative estimate of drug-likeness (QED) is 0.654. The maximum absolute atomic E-state index is 9.70. The molecule has 0 spiro atoms. The van der Waals surface area contributed by atoms with Gasteiger partial charge in [0.15, 0.2) is 11.5 Å². The van der Waals surface area contributed by atoms with Gasteiger partial charge in [0.05, 0.1) is 23.8 Å². The summed E-state index contributed by atoms with van der Waals surface area (Å²) in [6, 6.07) is 12.2. The second kappa shape index (κ2) is 6.53. The first kappa shape index (κ1) is 15.2. The van der Waals surface area contributed by atoms with Crippen molar-refractivity contribution >= 4 is 34.9 Å². The standard InChI is InChI=1S/C16H11Cl2NO2/c1-21-15-8-10(7-14(18)16(15)20)6-12(9-19)11-2-4-13(17)5-3-11/h2-8,20H,1H3/b12-6-. The lowest BCUT2D eigenvalue weighted by molar-refractivity contribution is 0.373. The number of allylic oxidation sites excluding steroid dienone is 1. The van der Waals surface area contributed by atoms with Crippen molar-refractivity contribution in [3.8, 4) is 17.6 Å². The van der Waals surface area contributed by atoms with Crippen molar-refractivity contribution in [3.63, 3.8) is 0 Å². The molecular weight excluding hydrogens is 309 g/mol. The van der Waals surface area contributed by atoms with E-state index in [1.54, 1.807) is 42.5 Å². The molecule has 2 aromatic rings. The molecule has 0 aliphatic heterocycles. The van der Waals surface area contributed by atoms with Gasteiger partial charge in [0.2, 0.25) is 0 Å². The topological polar surface area (TPSA) is 53.2 Å². The Labute approximate surface area is 132 Å². The number of methoxy groups -OCH3 is 1. The normalized spacial score (nSPS) is 11.0. The van der Waals surface area contributed by atoms with Crippen LogP contribution in [0, 0.1) is 11.3 Å². The van der Waals surface area contributed by atoms with Gasteiger partial charge in [-0.25, -0.2) is 0 Å². The molecule has 0 bridgehead atoms. The molecule has 5 heteroatoms. The van der Waals surface area contributed by atoms with Crippen LogP contribution >= 0.6 is 23.2 Å². The lowest BCUT2D eigenvalue weighted by Crippen LogP contribution is -1.87. The number of rotatable bonds is 3. The number of aromatic hydroxyl groups is 1. The third kappa shape index (κ3) is 3.49. The molecule has 0 saturated carbocycles. The molecule has 0 aromatic heterocycles. The van der Waals surface area contributed by atoms with Gasteiger partial charge in [-0.2, -0.15) is 5.26 Å². The molecule has 0 aliphatic carbocycles. The van der Waals surface area contributed by atoms with E-state index in [1.807, 2.05) is 0 Å². The number of halogens is 2. The molecule has 2 rings (SSSR count). The molecule has 0 radical (unpaired) electrons. The van der Waals surface area contributed by atoms with Crippen LogP contribution in [0.2, 0.25) is 10.0 Å². The number of phenols is 1. The monoisotopic (exact) mass is 319 g/mol. The molecule has 0 unspecified atom stereocenters. The summed E-state index contributed by atoms with van der Waals surface area (Å²) in [6.07, 6.45) is 1.66. The molecule has 3 nitrogen and oxygen atoms in total. The minimum absolute atomic E-state index is 0.124. The Hall–Kier alpha value is -2.15. The molecule has 1 N–H and O–H groups in total. The molecule has 0 fully saturated rings. The summed E-state index contributed by atoms with van der Waals surface area (Å²) in [5, 5.41) is 19.8. The zero-order valence-corrected chi connectivity index (χ0v) is 12.6. The molecule has 2 aromatic carbocycles. The third-order valence-corrected chi connectivity index (χ3v) is 3.40. The summed E-state index contributed by atoms with van der Waals surface area (Å²) in [7, 11) is 1.43. The SMILES string of the molecule is COc1cc(/C=C(/C#N)c2ccc(Cl)cc2)cc(Cl)c1O. The molecule has 0 aliphatic rings.